The van der Waals surface area contributed by atoms with E-state index >= 15 is 0 Å². The summed E-state index contributed by atoms with van der Waals surface area (Å²) < 4.78 is 0. The molecule has 0 heterocycles. The van der Waals surface area contributed by atoms with Gasteiger partial charge in [-0.25, -0.2) is 0 Å². The maximum Gasteiger partial charge on any atom is 0.316 e. The molecule has 0 amide bonds. The summed E-state index contributed by atoms with van der Waals surface area (Å²) in [6, 6.07) is 10.5. The van der Waals surface area contributed by atoms with Crippen LogP contribution in [0.5, 0.6) is 0 Å². The third-order valence-corrected chi connectivity index (χ3v) is 1.52. The van der Waals surface area contributed by atoms with E-state index in [1.807, 2.05) is 19.1 Å². The van der Waals surface area contributed by atoms with Crippen LogP contribution in [0.25, 0.3) is 0 Å². The molecule has 0 bridgehead atoms. The van der Waals surface area contributed by atoms with Crippen molar-refractivity contribution >= 4 is 23.1 Å². The molecule has 0 spiro atoms. The van der Waals surface area contributed by atoms with Crippen molar-refractivity contribution < 1.29 is 0 Å². The van der Waals surface area contributed by atoms with Gasteiger partial charge in [0.15, 0.2) is 0 Å². The Hall–Kier alpha value is -0.274. The summed E-state index contributed by atoms with van der Waals surface area (Å²) in [6.07, 6.45) is 7.32. The van der Waals surface area contributed by atoms with E-state index in [0.29, 0.717) is 0 Å². The van der Waals surface area contributed by atoms with E-state index in [1.54, 1.807) is 0 Å². The Morgan fingerprint density at radius 3 is 2.42 bits per heavy atom. The van der Waals surface area contributed by atoms with Crippen LogP contribution >= 0.6 is 0 Å². The van der Waals surface area contributed by atoms with Crippen molar-refractivity contribution in [2.45, 2.75) is 13.3 Å². The lowest BCUT2D eigenvalue weighted by Gasteiger charge is -1.94. The molecule has 61 valence electrons. The van der Waals surface area contributed by atoms with Gasteiger partial charge in [0.25, 0.3) is 0 Å². The molecule has 0 aliphatic rings. The Balaban J connectivity index is 0.00000121. The normalized spacial score (nSPS) is 9.75. The number of benzene rings is 1. The van der Waals surface area contributed by atoms with Gasteiger partial charge in [0.05, 0.1) is 0 Å². The molecule has 0 nitrogen and oxygen atoms in total. The van der Waals surface area contributed by atoms with Crippen molar-refractivity contribution in [2.75, 3.05) is 0 Å². The van der Waals surface area contributed by atoms with Crippen LogP contribution in [-0.2, 0) is 6.42 Å². The highest BCUT2D eigenvalue weighted by atomic mass is 24.3. The summed E-state index contributed by atoms with van der Waals surface area (Å²) >= 11 is 0. The lowest BCUT2D eigenvalue weighted by atomic mass is 10.1. The van der Waals surface area contributed by atoms with Gasteiger partial charge in [0.1, 0.15) is 0 Å². The summed E-state index contributed by atoms with van der Waals surface area (Å²) in [5.74, 6) is 0. The molecule has 0 atom stereocenters. The van der Waals surface area contributed by atoms with Gasteiger partial charge in [-0.05, 0) is 25.3 Å². The molecule has 1 heteroatoms. The molecule has 0 fully saturated rings. The van der Waals surface area contributed by atoms with Crippen molar-refractivity contribution in [1.29, 1.82) is 0 Å². The molecule has 0 saturated heterocycles. The minimum Gasteiger partial charge on any atom is -0.0914 e. The highest BCUT2D eigenvalue weighted by Crippen LogP contribution is 2.01. The van der Waals surface area contributed by atoms with E-state index in [-0.39, 0.29) is 23.1 Å². The largest absolute Gasteiger partial charge is 0.316 e. The first kappa shape index (κ1) is 11.7. The molecule has 0 N–H and O–H groups in total. The Bertz CT molecular complexity index is 214. The van der Waals surface area contributed by atoms with Crippen molar-refractivity contribution in [1.82, 2.24) is 0 Å². The Labute approximate surface area is 90.8 Å². The Morgan fingerprint density at radius 2 is 1.83 bits per heavy atom. The minimum absolute atomic E-state index is 0. The summed E-state index contributed by atoms with van der Waals surface area (Å²) in [5, 5.41) is 0. The monoisotopic (exact) mass is 171 g/mol. The standard InChI is InChI=1S/C11H13.Mg.2H/c1-2-3-5-8-11-9-6-4-7-10-11;;;/h2-7,9-10H,8H2,1H3;;;/b3-2+;;;. The predicted molar refractivity (Wildman–Crippen MR) is 57.8 cm³/mol. The molecule has 0 aromatic heterocycles. The molecule has 1 aromatic rings. The Morgan fingerprint density at radius 1 is 1.17 bits per heavy atom. The van der Waals surface area contributed by atoms with Gasteiger partial charge < -0.3 is 0 Å². The first-order chi connectivity index (χ1) is 5.43. The smallest absolute Gasteiger partial charge is 0.0914 e. The summed E-state index contributed by atoms with van der Waals surface area (Å²) in [6.45, 7) is 2.03. The highest BCUT2D eigenvalue weighted by Gasteiger charge is 1.86. The fraction of sp³-hybridized carbons (Fsp3) is 0.182. The molecule has 0 aliphatic carbocycles. The first-order valence-corrected chi connectivity index (χ1v) is 3.92. The lowest BCUT2D eigenvalue weighted by Crippen LogP contribution is -1.81. The maximum absolute atomic E-state index is 2.16. The van der Waals surface area contributed by atoms with Gasteiger partial charge in [-0.15, -0.1) is 0 Å². The molecular weight excluding hydrogens is 156 g/mol. The van der Waals surface area contributed by atoms with Crippen LogP contribution in [0.1, 0.15) is 12.5 Å². The van der Waals surface area contributed by atoms with E-state index in [4.69, 9.17) is 0 Å². The average Bonchev–Trinajstić information content (AvgIpc) is 2.07. The van der Waals surface area contributed by atoms with Crippen LogP contribution in [0.4, 0.5) is 0 Å². The molecule has 12 heavy (non-hydrogen) atoms. The summed E-state index contributed by atoms with van der Waals surface area (Å²) in [5.41, 5.74) is 1.37. The van der Waals surface area contributed by atoms with Gasteiger partial charge >= 0.3 is 23.1 Å². The number of hydrogen-bond donors (Lipinski definition) is 0. The first-order valence-electron chi connectivity index (χ1n) is 3.92. The quantitative estimate of drug-likeness (QED) is 0.611. The topological polar surface area (TPSA) is 0 Å². The number of rotatable bonds is 3. The minimum atomic E-state index is 0. The second kappa shape index (κ2) is 7.38. The average molecular weight is 172 g/mol. The zero-order valence-electron chi connectivity index (χ0n) is 6.83. The van der Waals surface area contributed by atoms with Gasteiger partial charge in [-0.2, -0.15) is 0 Å². The molecule has 0 saturated carbocycles. The van der Waals surface area contributed by atoms with Crippen LogP contribution in [0.15, 0.2) is 42.5 Å². The molecule has 1 radical (unpaired) electrons. The zero-order valence-corrected chi connectivity index (χ0v) is 6.83. The third kappa shape index (κ3) is 4.57. The van der Waals surface area contributed by atoms with Crippen molar-refractivity contribution in [3.05, 3.63) is 54.5 Å². The van der Waals surface area contributed by atoms with Gasteiger partial charge in [-0.1, -0.05) is 42.5 Å². The van der Waals surface area contributed by atoms with Crippen LogP contribution in [0.2, 0.25) is 0 Å². The number of hydrogen-bond acceptors (Lipinski definition) is 0. The van der Waals surface area contributed by atoms with Crippen molar-refractivity contribution in [2.24, 2.45) is 0 Å². The van der Waals surface area contributed by atoms with E-state index in [9.17, 15) is 0 Å². The van der Waals surface area contributed by atoms with Crippen LogP contribution in [0.3, 0.4) is 0 Å². The summed E-state index contributed by atoms with van der Waals surface area (Å²) in [4.78, 5) is 0. The van der Waals surface area contributed by atoms with Gasteiger partial charge in [0, 0.05) is 0 Å². The fourth-order valence-electron chi connectivity index (χ4n) is 0.954. The predicted octanol–water partition coefficient (Wildman–Crippen LogP) is 2.09. The van der Waals surface area contributed by atoms with Crippen LogP contribution in [0, 0.1) is 6.42 Å². The second-order valence-electron chi connectivity index (χ2n) is 2.45. The van der Waals surface area contributed by atoms with Gasteiger partial charge in [0.2, 0.25) is 0 Å². The van der Waals surface area contributed by atoms with Crippen LogP contribution in [-0.4, -0.2) is 23.1 Å². The van der Waals surface area contributed by atoms with Crippen molar-refractivity contribution in [3.8, 4) is 0 Å². The second-order valence-corrected chi connectivity index (χ2v) is 2.45. The molecular formula is C11H15Mg. The van der Waals surface area contributed by atoms with E-state index in [2.05, 4.69) is 36.8 Å². The van der Waals surface area contributed by atoms with E-state index in [1.165, 1.54) is 5.56 Å². The highest BCUT2D eigenvalue weighted by molar-refractivity contribution is 5.75. The van der Waals surface area contributed by atoms with Gasteiger partial charge in [-0.3, -0.25) is 0 Å². The molecule has 0 unspecified atom stereocenters. The Kier molecular flexibility index (Phi) is 7.21. The summed E-state index contributed by atoms with van der Waals surface area (Å²) in [7, 11) is 0. The van der Waals surface area contributed by atoms with Crippen LogP contribution < -0.4 is 0 Å². The molecule has 0 aliphatic heterocycles. The van der Waals surface area contributed by atoms with Crippen molar-refractivity contribution in [3.63, 3.8) is 0 Å². The molecule has 1 aromatic carbocycles. The molecule has 1 rings (SSSR count). The maximum atomic E-state index is 2.16. The zero-order chi connectivity index (χ0) is 7.94. The van der Waals surface area contributed by atoms with E-state index < -0.39 is 0 Å². The SMILES string of the molecule is C/C=C/[CH]Cc1ccccc1.[MgH2]. The third-order valence-electron chi connectivity index (χ3n) is 1.52. The fourth-order valence-corrected chi connectivity index (χ4v) is 0.954. The van der Waals surface area contributed by atoms with E-state index in [0.717, 1.165) is 6.42 Å². The number of allylic oxidation sites excluding steroid dienone is 2. The lowest BCUT2D eigenvalue weighted by molar-refractivity contribution is 1.19.